The summed E-state index contributed by atoms with van der Waals surface area (Å²) in [6, 6.07) is 7.74. The van der Waals surface area contributed by atoms with Crippen molar-refractivity contribution in [2.24, 2.45) is 13.0 Å². The number of nitrogen functional groups attached to an aromatic ring is 1. The molecule has 2 aromatic heterocycles. The van der Waals surface area contributed by atoms with E-state index in [9.17, 15) is 9.59 Å². The van der Waals surface area contributed by atoms with Gasteiger partial charge in [0.05, 0.1) is 11.1 Å². The summed E-state index contributed by atoms with van der Waals surface area (Å²) in [5.41, 5.74) is 12.5. The van der Waals surface area contributed by atoms with Gasteiger partial charge in [0.15, 0.2) is 0 Å². The molecule has 1 saturated heterocycles. The molecule has 2 aliphatic rings. The Labute approximate surface area is 217 Å². The quantitative estimate of drug-likeness (QED) is 0.485. The van der Waals surface area contributed by atoms with E-state index in [1.54, 1.807) is 6.92 Å². The molecule has 1 unspecified atom stereocenters. The maximum atomic E-state index is 13.1. The second kappa shape index (κ2) is 10.2. The second-order valence-electron chi connectivity index (χ2n) is 10.1. The highest BCUT2D eigenvalue weighted by Crippen LogP contribution is 2.43. The Morgan fingerprint density at radius 3 is 2.49 bits per heavy atom. The summed E-state index contributed by atoms with van der Waals surface area (Å²) in [4.78, 5) is 36.0. The van der Waals surface area contributed by atoms with E-state index in [1.165, 1.54) is 18.3 Å². The van der Waals surface area contributed by atoms with Crippen LogP contribution in [0.4, 0.5) is 11.5 Å². The van der Waals surface area contributed by atoms with E-state index in [0.29, 0.717) is 23.0 Å². The van der Waals surface area contributed by atoms with Crippen LogP contribution in [0.15, 0.2) is 48.8 Å². The summed E-state index contributed by atoms with van der Waals surface area (Å²) < 4.78 is 2.05. The first-order chi connectivity index (χ1) is 17.8. The third kappa shape index (κ3) is 4.75. The molecule has 5 rings (SSSR count). The van der Waals surface area contributed by atoms with Crippen molar-refractivity contribution in [1.29, 1.82) is 0 Å². The summed E-state index contributed by atoms with van der Waals surface area (Å²) in [5, 5.41) is 3.70. The molecule has 1 fully saturated rings. The van der Waals surface area contributed by atoms with Crippen molar-refractivity contribution in [3.05, 3.63) is 54.4 Å². The maximum absolute atomic E-state index is 13.1. The number of fused-ring (bicyclic) bond motifs is 1. The molecule has 37 heavy (non-hydrogen) atoms. The number of allylic oxidation sites excluding steroid dienone is 2. The lowest BCUT2D eigenvalue weighted by atomic mass is 9.84. The molecule has 1 aliphatic carbocycles. The molecule has 8 nitrogen and oxygen atoms in total. The van der Waals surface area contributed by atoms with Crippen molar-refractivity contribution in [3.63, 3.8) is 0 Å². The number of nitrogens with two attached hydrogens (primary N) is 1. The molecule has 3 aromatic rings. The second-order valence-corrected chi connectivity index (χ2v) is 10.1. The molecule has 8 heteroatoms. The number of carbonyl (C=O) groups excluding carboxylic acids is 2. The molecular formula is C29H34N6O2. The summed E-state index contributed by atoms with van der Waals surface area (Å²) in [7, 11) is 1.98. The van der Waals surface area contributed by atoms with Gasteiger partial charge in [-0.3, -0.25) is 9.59 Å². The fraction of sp³-hybridized carbons (Fsp3) is 0.379. The van der Waals surface area contributed by atoms with Gasteiger partial charge in [-0.25, -0.2) is 9.97 Å². The average Bonchev–Trinajstić information content (AvgIpc) is 3.22. The third-order valence-corrected chi connectivity index (χ3v) is 7.55. The summed E-state index contributed by atoms with van der Waals surface area (Å²) >= 11 is 0. The van der Waals surface area contributed by atoms with Crippen LogP contribution in [0.1, 0.15) is 51.0 Å². The minimum atomic E-state index is -0.206. The van der Waals surface area contributed by atoms with E-state index in [4.69, 9.17) is 5.73 Å². The zero-order valence-corrected chi connectivity index (χ0v) is 21.6. The zero-order chi connectivity index (χ0) is 26.1. The van der Waals surface area contributed by atoms with Crippen LogP contribution in [-0.2, 0) is 16.6 Å². The number of nitrogens with zero attached hydrogens (tertiary/aromatic N) is 4. The van der Waals surface area contributed by atoms with Crippen molar-refractivity contribution in [2.45, 2.75) is 45.4 Å². The highest BCUT2D eigenvalue weighted by atomic mass is 16.2. The molecule has 3 N–H and O–H groups in total. The van der Waals surface area contributed by atoms with Gasteiger partial charge in [-0.1, -0.05) is 24.8 Å². The smallest absolute Gasteiger partial charge is 0.250 e. The molecule has 1 atom stereocenters. The topological polar surface area (TPSA) is 106 Å². The standard InChI is InChI=1S/C29H34N6O2/c1-18(2)28(36)33-22-13-11-20(12-14-22)25-23(24-26(30)31-17-32-27(24)34(25)3)19-7-9-21(10-8-19)29(37)35-15-5-4-6-16-35/h7,11-14,17,21H,1,4-6,8-10,15-16H2,2-3H3,(H,33,36)(H2,30,31,32). The fourth-order valence-electron chi connectivity index (χ4n) is 5.53. The monoisotopic (exact) mass is 498 g/mol. The third-order valence-electron chi connectivity index (χ3n) is 7.55. The molecule has 0 saturated carbocycles. The van der Waals surface area contributed by atoms with Gasteiger partial charge in [0.2, 0.25) is 5.91 Å². The van der Waals surface area contributed by atoms with Crippen LogP contribution in [0, 0.1) is 5.92 Å². The van der Waals surface area contributed by atoms with Crippen LogP contribution < -0.4 is 11.1 Å². The van der Waals surface area contributed by atoms with Gasteiger partial charge < -0.3 is 20.5 Å². The number of likely N-dealkylation sites (tertiary alicyclic amines) is 1. The summed E-state index contributed by atoms with van der Waals surface area (Å²) in [5.74, 6) is 0.565. The van der Waals surface area contributed by atoms with Crippen LogP contribution >= 0.6 is 0 Å². The van der Waals surface area contributed by atoms with Crippen LogP contribution in [-0.4, -0.2) is 44.3 Å². The number of rotatable bonds is 5. The number of carbonyl (C=O) groups is 2. The minimum absolute atomic E-state index is 0.0325. The highest BCUT2D eigenvalue weighted by molar-refractivity contribution is 6.05. The normalized spacial score (nSPS) is 17.9. The number of amides is 2. The molecule has 1 aromatic carbocycles. The van der Waals surface area contributed by atoms with Gasteiger partial charge in [-0.2, -0.15) is 0 Å². The Morgan fingerprint density at radius 2 is 1.84 bits per heavy atom. The van der Waals surface area contributed by atoms with Crippen molar-refractivity contribution < 1.29 is 9.59 Å². The van der Waals surface area contributed by atoms with Crippen LogP contribution in [0.3, 0.4) is 0 Å². The fourth-order valence-corrected chi connectivity index (χ4v) is 5.53. The summed E-state index contributed by atoms with van der Waals surface area (Å²) in [6.45, 7) is 7.15. The van der Waals surface area contributed by atoms with Crippen molar-refractivity contribution >= 4 is 39.9 Å². The van der Waals surface area contributed by atoms with Crippen LogP contribution in [0.5, 0.6) is 0 Å². The van der Waals surface area contributed by atoms with Gasteiger partial charge in [-0.15, -0.1) is 0 Å². The minimum Gasteiger partial charge on any atom is -0.383 e. The first-order valence-corrected chi connectivity index (χ1v) is 13.0. The number of hydrogen-bond acceptors (Lipinski definition) is 5. The Morgan fingerprint density at radius 1 is 1.11 bits per heavy atom. The Balaban J connectivity index is 1.51. The molecule has 0 bridgehead atoms. The van der Waals surface area contributed by atoms with Crippen molar-refractivity contribution in [2.75, 3.05) is 24.1 Å². The molecule has 0 spiro atoms. The van der Waals surface area contributed by atoms with E-state index in [-0.39, 0.29) is 11.8 Å². The van der Waals surface area contributed by atoms with Gasteiger partial charge in [0, 0.05) is 42.9 Å². The average molecular weight is 499 g/mol. The molecule has 1 aliphatic heterocycles. The Hall–Kier alpha value is -3.94. The maximum Gasteiger partial charge on any atom is 0.250 e. The first kappa shape index (κ1) is 24.7. The zero-order valence-electron chi connectivity index (χ0n) is 21.6. The van der Waals surface area contributed by atoms with Gasteiger partial charge in [0.1, 0.15) is 17.8 Å². The van der Waals surface area contributed by atoms with Gasteiger partial charge in [-0.05, 0) is 68.7 Å². The van der Waals surface area contributed by atoms with Gasteiger partial charge in [0.25, 0.3) is 5.91 Å². The van der Waals surface area contributed by atoms with E-state index >= 15 is 0 Å². The molecular weight excluding hydrogens is 464 g/mol. The highest BCUT2D eigenvalue weighted by Gasteiger charge is 2.30. The van der Waals surface area contributed by atoms with E-state index < -0.39 is 0 Å². The number of nitrogens with one attached hydrogen (secondary N) is 1. The van der Waals surface area contributed by atoms with E-state index in [2.05, 4.69) is 37.4 Å². The summed E-state index contributed by atoms with van der Waals surface area (Å²) in [6.07, 6.45) is 9.45. The lowest BCUT2D eigenvalue weighted by molar-refractivity contribution is -0.136. The number of hydrogen-bond donors (Lipinski definition) is 2. The SMILES string of the molecule is C=C(C)C(=O)Nc1ccc(-c2c(C3=CCC(C(=O)N4CCCCC4)CC3)c3c(N)ncnc3n2C)cc1. The predicted octanol–water partition coefficient (Wildman–Crippen LogP) is 4.93. The number of benzene rings is 1. The lowest BCUT2D eigenvalue weighted by Crippen LogP contribution is -2.40. The van der Waals surface area contributed by atoms with Gasteiger partial charge >= 0.3 is 0 Å². The molecule has 192 valence electrons. The Kier molecular flexibility index (Phi) is 6.82. The van der Waals surface area contributed by atoms with Crippen molar-refractivity contribution in [3.8, 4) is 11.3 Å². The van der Waals surface area contributed by atoms with Crippen molar-refractivity contribution in [1.82, 2.24) is 19.4 Å². The number of aryl methyl sites for hydroxylation is 1. The van der Waals surface area contributed by atoms with E-state index in [0.717, 1.165) is 73.0 Å². The Bertz CT molecular complexity index is 1400. The molecule has 3 heterocycles. The van der Waals surface area contributed by atoms with Crippen LogP contribution in [0.25, 0.3) is 27.9 Å². The predicted molar refractivity (Wildman–Crippen MR) is 148 cm³/mol. The van der Waals surface area contributed by atoms with E-state index in [1.807, 2.05) is 31.3 Å². The number of anilines is 2. The molecule has 0 radical (unpaired) electrons. The number of piperidine rings is 1. The molecule has 2 amide bonds. The van der Waals surface area contributed by atoms with Crippen LogP contribution in [0.2, 0.25) is 0 Å². The lowest BCUT2D eigenvalue weighted by Gasteiger charge is -2.31. The number of aromatic nitrogens is 3. The largest absolute Gasteiger partial charge is 0.383 e. The first-order valence-electron chi connectivity index (χ1n) is 13.0.